The summed E-state index contributed by atoms with van der Waals surface area (Å²) in [5.41, 5.74) is 4.28. The molecule has 1 N–H and O–H groups in total. The first kappa shape index (κ1) is 21.2. The summed E-state index contributed by atoms with van der Waals surface area (Å²) in [6.45, 7) is 4.00. The maximum Gasteiger partial charge on any atom is 0.270 e. The van der Waals surface area contributed by atoms with Crippen molar-refractivity contribution in [2.75, 3.05) is 9.62 Å². The SMILES string of the molecule is Cc1cccc(N/C=C2\C(=O)c3ccccc3N(Cc3ccc(Cl)cc3)S2(=O)=O)c1C. The molecule has 0 saturated carbocycles. The molecule has 1 heterocycles. The molecule has 0 amide bonds. The molecular weight excluding hydrogens is 432 g/mol. The third-order valence-corrected chi connectivity index (χ3v) is 7.43. The van der Waals surface area contributed by atoms with Gasteiger partial charge in [-0.3, -0.25) is 9.10 Å². The van der Waals surface area contributed by atoms with Gasteiger partial charge in [0, 0.05) is 22.5 Å². The number of allylic oxidation sites excluding steroid dienone is 1. The molecule has 4 rings (SSSR count). The molecule has 158 valence electrons. The number of hydrogen-bond acceptors (Lipinski definition) is 4. The minimum atomic E-state index is -4.08. The number of fused-ring (bicyclic) bond motifs is 1. The summed E-state index contributed by atoms with van der Waals surface area (Å²) in [7, 11) is -4.08. The van der Waals surface area contributed by atoms with E-state index in [9.17, 15) is 13.2 Å². The maximum absolute atomic E-state index is 13.5. The van der Waals surface area contributed by atoms with Gasteiger partial charge in [0.2, 0.25) is 5.78 Å². The number of para-hydroxylation sites is 1. The summed E-state index contributed by atoms with van der Waals surface area (Å²) in [6, 6.07) is 19.4. The minimum absolute atomic E-state index is 0.0879. The highest BCUT2D eigenvalue weighted by Crippen LogP contribution is 2.36. The van der Waals surface area contributed by atoms with Crippen molar-refractivity contribution >= 4 is 38.8 Å². The number of carbonyl (C=O) groups is 1. The number of sulfonamides is 1. The lowest BCUT2D eigenvalue weighted by Gasteiger charge is -2.31. The molecule has 3 aromatic carbocycles. The van der Waals surface area contributed by atoms with E-state index in [2.05, 4.69) is 5.32 Å². The van der Waals surface area contributed by atoms with E-state index in [4.69, 9.17) is 11.6 Å². The Morgan fingerprint density at radius 1 is 0.968 bits per heavy atom. The number of halogens is 1. The van der Waals surface area contributed by atoms with Gasteiger partial charge in [-0.25, -0.2) is 8.42 Å². The van der Waals surface area contributed by atoms with Crippen molar-refractivity contribution in [2.45, 2.75) is 20.4 Å². The smallest absolute Gasteiger partial charge is 0.270 e. The topological polar surface area (TPSA) is 66.5 Å². The number of nitrogens with zero attached hydrogens (tertiary/aromatic N) is 1. The van der Waals surface area contributed by atoms with Crippen LogP contribution in [0.4, 0.5) is 11.4 Å². The number of nitrogens with one attached hydrogen (secondary N) is 1. The molecule has 0 aliphatic carbocycles. The van der Waals surface area contributed by atoms with Gasteiger partial charge in [0.1, 0.15) is 0 Å². The highest BCUT2D eigenvalue weighted by molar-refractivity contribution is 7.97. The maximum atomic E-state index is 13.5. The fourth-order valence-electron chi connectivity index (χ4n) is 3.50. The number of Topliss-reactive ketones (excluding diaryl/α,β-unsaturated/α-hetero) is 1. The molecule has 1 aliphatic heterocycles. The van der Waals surface area contributed by atoms with Crippen LogP contribution in [0.5, 0.6) is 0 Å². The quantitative estimate of drug-likeness (QED) is 0.535. The van der Waals surface area contributed by atoms with Crippen molar-refractivity contribution < 1.29 is 13.2 Å². The van der Waals surface area contributed by atoms with E-state index in [1.54, 1.807) is 48.5 Å². The first-order chi connectivity index (χ1) is 14.8. The zero-order valence-electron chi connectivity index (χ0n) is 17.1. The number of ketones is 1. The standard InChI is InChI=1S/C24H21ClN2O3S/c1-16-6-5-8-21(17(16)2)26-14-23-24(28)20-7-3-4-9-22(20)27(31(23,29)30)15-18-10-12-19(25)13-11-18/h3-14,26H,15H2,1-2H3/b23-14+. The molecular formula is C24H21ClN2O3S. The number of anilines is 2. The van der Waals surface area contributed by atoms with Crippen LogP contribution < -0.4 is 9.62 Å². The van der Waals surface area contributed by atoms with Crippen LogP contribution in [-0.4, -0.2) is 14.2 Å². The van der Waals surface area contributed by atoms with Gasteiger partial charge in [-0.15, -0.1) is 0 Å². The zero-order valence-corrected chi connectivity index (χ0v) is 18.7. The molecule has 3 aromatic rings. The predicted molar refractivity (Wildman–Crippen MR) is 125 cm³/mol. The lowest BCUT2D eigenvalue weighted by Crippen LogP contribution is -2.39. The summed E-state index contributed by atoms with van der Waals surface area (Å²) in [6.07, 6.45) is 1.30. The Labute approximate surface area is 187 Å². The lowest BCUT2D eigenvalue weighted by atomic mass is 10.1. The minimum Gasteiger partial charge on any atom is -0.360 e. The molecule has 7 heteroatoms. The molecule has 0 radical (unpaired) electrons. The third kappa shape index (κ3) is 3.96. The van der Waals surface area contributed by atoms with E-state index >= 15 is 0 Å². The van der Waals surface area contributed by atoms with Gasteiger partial charge < -0.3 is 5.32 Å². The van der Waals surface area contributed by atoms with Crippen molar-refractivity contribution in [2.24, 2.45) is 0 Å². The van der Waals surface area contributed by atoms with Crippen LogP contribution in [0.2, 0.25) is 5.02 Å². The number of carbonyl (C=O) groups excluding carboxylic acids is 1. The lowest BCUT2D eigenvalue weighted by molar-refractivity contribution is 0.104. The highest BCUT2D eigenvalue weighted by Gasteiger charge is 2.40. The summed E-state index contributed by atoms with van der Waals surface area (Å²) >= 11 is 5.96. The molecule has 0 unspecified atom stereocenters. The number of rotatable bonds is 4. The van der Waals surface area contributed by atoms with E-state index in [-0.39, 0.29) is 11.4 Å². The van der Waals surface area contributed by atoms with Crippen LogP contribution in [0, 0.1) is 13.8 Å². The van der Waals surface area contributed by atoms with E-state index in [0.717, 1.165) is 22.4 Å². The van der Waals surface area contributed by atoms with Crippen molar-refractivity contribution in [1.29, 1.82) is 0 Å². The molecule has 1 aliphatic rings. The van der Waals surface area contributed by atoms with Gasteiger partial charge in [-0.2, -0.15) is 0 Å². The zero-order chi connectivity index (χ0) is 22.2. The molecule has 31 heavy (non-hydrogen) atoms. The van der Waals surface area contributed by atoms with Crippen LogP contribution in [0.15, 0.2) is 77.8 Å². The molecule has 0 bridgehead atoms. The Morgan fingerprint density at radius 2 is 1.68 bits per heavy atom. The predicted octanol–water partition coefficient (Wildman–Crippen LogP) is 5.44. The monoisotopic (exact) mass is 452 g/mol. The third-order valence-electron chi connectivity index (χ3n) is 5.41. The summed E-state index contributed by atoms with van der Waals surface area (Å²) in [5.74, 6) is -0.527. The van der Waals surface area contributed by atoms with E-state index in [1.807, 2.05) is 32.0 Å². The second-order valence-electron chi connectivity index (χ2n) is 7.38. The molecule has 0 atom stereocenters. The van der Waals surface area contributed by atoms with Gasteiger partial charge in [0.25, 0.3) is 10.0 Å². The van der Waals surface area contributed by atoms with E-state index < -0.39 is 15.8 Å². The average molecular weight is 453 g/mol. The van der Waals surface area contributed by atoms with Gasteiger partial charge in [-0.1, -0.05) is 48.0 Å². The van der Waals surface area contributed by atoms with Gasteiger partial charge >= 0.3 is 0 Å². The van der Waals surface area contributed by atoms with Crippen molar-refractivity contribution in [3.05, 3.63) is 105 Å². The largest absolute Gasteiger partial charge is 0.360 e. The molecule has 0 spiro atoms. The van der Waals surface area contributed by atoms with Crippen molar-refractivity contribution in [3.63, 3.8) is 0 Å². The molecule has 0 fully saturated rings. The Kier molecular flexibility index (Phi) is 5.60. The van der Waals surface area contributed by atoms with Gasteiger partial charge in [0.05, 0.1) is 12.2 Å². The van der Waals surface area contributed by atoms with E-state index in [0.29, 0.717) is 16.3 Å². The Morgan fingerprint density at radius 3 is 2.42 bits per heavy atom. The summed E-state index contributed by atoms with van der Waals surface area (Å²) in [4.78, 5) is 12.8. The fraction of sp³-hybridized carbons (Fsp3) is 0.125. The van der Waals surface area contributed by atoms with Crippen LogP contribution in [-0.2, 0) is 16.6 Å². The van der Waals surface area contributed by atoms with Crippen LogP contribution in [0.1, 0.15) is 27.0 Å². The Bertz CT molecular complexity index is 1300. The second kappa shape index (κ2) is 8.21. The first-order valence-corrected chi connectivity index (χ1v) is 11.5. The molecule has 0 aromatic heterocycles. The van der Waals surface area contributed by atoms with Crippen LogP contribution in [0.25, 0.3) is 0 Å². The average Bonchev–Trinajstić information content (AvgIpc) is 2.75. The summed E-state index contributed by atoms with van der Waals surface area (Å²) < 4.78 is 28.3. The number of hydrogen-bond donors (Lipinski definition) is 1. The van der Waals surface area contributed by atoms with E-state index in [1.165, 1.54) is 10.5 Å². The number of aryl methyl sites for hydroxylation is 1. The fourth-order valence-corrected chi connectivity index (χ4v) is 5.15. The van der Waals surface area contributed by atoms with Crippen LogP contribution in [0.3, 0.4) is 0 Å². The Balaban J connectivity index is 1.79. The van der Waals surface area contributed by atoms with Crippen LogP contribution >= 0.6 is 11.6 Å². The Hall–Kier alpha value is -3.09. The second-order valence-corrected chi connectivity index (χ2v) is 9.65. The highest BCUT2D eigenvalue weighted by atomic mass is 35.5. The van der Waals surface area contributed by atoms with Crippen molar-refractivity contribution in [3.8, 4) is 0 Å². The molecule has 5 nitrogen and oxygen atoms in total. The van der Waals surface area contributed by atoms with Crippen molar-refractivity contribution in [1.82, 2.24) is 0 Å². The normalized spacial score (nSPS) is 16.3. The first-order valence-electron chi connectivity index (χ1n) is 9.73. The van der Waals surface area contributed by atoms with Gasteiger partial charge in [0.15, 0.2) is 4.91 Å². The number of benzene rings is 3. The van der Waals surface area contributed by atoms with Gasteiger partial charge in [-0.05, 0) is 60.9 Å². The summed E-state index contributed by atoms with van der Waals surface area (Å²) in [5, 5.41) is 3.59. The molecule has 0 saturated heterocycles.